The monoisotopic (exact) mass is 204 g/mol. The van der Waals surface area contributed by atoms with Crippen molar-refractivity contribution in [1.29, 1.82) is 0 Å². The van der Waals surface area contributed by atoms with Gasteiger partial charge in [0.25, 0.3) is 0 Å². The highest BCUT2D eigenvalue weighted by Gasteiger charge is 2.25. The molecule has 0 radical (unpaired) electrons. The first-order chi connectivity index (χ1) is 6.47. The quantitative estimate of drug-likeness (QED) is 0.815. The number of hydrogen-bond donors (Lipinski definition) is 1. The van der Waals surface area contributed by atoms with Crippen LogP contribution in [-0.2, 0) is 6.54 Å². The fourth-order valence-corrected chi connectivity index (χ4v) is 1.06. The molecule has 0 aliphatic heterocycles. The zero-order chi connectivity index (χ0) is 10.6. The molecule has 5 heteroatoms. The van der Waals surface area contributed by atoms with Crippen LogP contribution in [-0.4, -0.2) is 17.7 Å². The Morgan fingerprint density at radius 3 is 2.71 bits per heavy atom. The van der Waals surface area contributed by atoms with Crippen molar-refractivity contribution in [3.63, 3.8) is 0 Å². The van der Waals surface area contributed by atoms with Crippen molar-refractivity contribution in [3.05, 3.63) is 29.6 Å². The predicted molar refractivity (Wildman–Crippen MR) is 46.7 cm³/mol. The van der Waals surface area contributed by atoms with Crippen molar-refractivity contribution >= 4 is 0 Å². The van der Waals surface area contributed by atoms with Gasteiger partial charge in [0.05, 0.1) is 6.54 Å². The van der Waals surface area contributed by atoms with Gasteiger partial charge in [-0.25, -0.2) is 0 Å². The highest BCUT2D eigenvalue weighted by molar-refractivity contribution is 5.14. The van der Waals surface area contributed by atoms with Crippen LogP contribution in [0.4, 0.5) is 13.2 Å². The maximum Gasteiger partial charge on any atom is 0.401 e. The summed E-state index contributed by atoms with van der Waals surface area (Å²) < 4.78 is 35.3. The lowest BCUT2D eigenvalue weighted by molar-refractivity contribution is -0.125. The fraction of sp³-hybridized carbons (Fsp3) is 0.444. The van der Waals surface area contributed by atoms with Crippen LogP contribution in [0, 0.1) is 6.92 Å². The fourth-order valence-electron chi connectivity index (χ4n) is 1.06. The summed E-state index contributed by atoms with van der Waals surface area (Å²) in [7, 11) is 0. The highest BCUT2D eigenvalue weighted by Crippen LogP contribution is 2.12. The average Bonchev–Trinajstić information content (AvgIpc) is 2.01. The van der Waals surface area contributed by atoms with E-state index in [-0.39, 0.29) is 6.54 Å². The number of aryl methyl sites for hydroxylation is 1. The second kappa shape index (κ2) is 4.41. The molecule has 1 aromatic rings. The minimum absolute atomic E-state index is 0.211. The lowest BCUT2D eigenvalue weighted by atomic mass is 10.2. The lowest BCUT2D eigenvalue weighted by Gasteiger charge is -2.08. The van der Waals surface area contributed by atoms with Crippen LogP contribution in [0.1, 0.15) is 11.3 Å². The Morgan fingerprint density at radius 1 is 1.43 bits per heavy atom. The molecule has 0 unspecified atom stereocenters. The van der Waals surface area contributed by atoms with E-state index in [0.717, 1.165) is 11.3 Å². The summed E-state index contributed by atoms with van der Waals surface area (Å²) in [6.45, 7) is 1.05. The molecule has 0 fully saturated rings. The molecule has 0 aliphatic rings. The van der Waals surface area contributed by atoms with Crippen LogP contribution in [0.3, 0.4) is 0 Å². The molecule has 1 rings (SSSR count). The molecule has 78 valence electrons. The Bertz CT molecular complexity index is 296. The maximum atomic E-state index is 11.8. The van der Waals surface area contributed by atoms with Crippen molar-refractivity contribution in [2.75, 3.05) is 6.54 Å². The Hall–Kier alpha value is -1.10. The average molecular weight is 204 g/mol. The van der Waals surface area contributed by atoms with E-state index in [4.69, 9.17) is 0 Å². The van der Waals surface area contributed by atoms with E-state index in [9.17, 15) is 13.2 Å². The zero-order valence-corrected chi connectivity index (χ0v) is 7.73. The van der Waals surface area contributed by atoms with Gasteiger partial charge in [-0.2, -0.15) is 13.2 Å². The van der Waals surface area contributed by atoms with E-state index in [1.54, 1.807) is 25.3 Å². The molecule has 1 N–H and O–H groups in total. The minimum Gasteiger partial charge on any atom is -0.305 e. The summed E-state index contributed by atoms with van der Waals surface area (Å²) in [5.41, 5.74) is 1.61. The molecule has 0 saturated carbocycles. The molecular formula is C9H11F3N2. The first-order valence-corrected chi connectivity index (χ1v) is 4.16. The normalized spacial score (nSPS) is 11.7. The Kier molecular flexibility index (Phi) is 3.46. The third kappa shape index (κ3) is 4.23. The zero-order valence-electron chi connectivity index (χ0n) is 7.73. The molecule has 2 nitrogen and oxygen atoms in total. The minimum atomic E-state index is -4.15. The van der Waals surface area contributed by atoms with E-state index < -0.39 is 12.7 Å². The number of alkyl halides is 3. The molecule has 0 atom stereocenters. The molecular weight excluding hydrogens is 193 g/mol. The van der Waals surface area contributed by atoms with Crippen LogP contribution < -0.4 is 5.32 Å². The summed E-state index contributed by atoms with van der Waals surface area (Å²) >= 11 is 0. The first-order valence-electron chi connectivity index (χ1n) is 4.16. The summed E-state index contributed by atoms with van der Waals surface area (Å²) in [5, 5.41) is 2.32. The summed E-state index contributed by atoms with van der Waals surface area (Å²) in [6.07, 6.45) is -2.57. The van der Waals surface area contributed by atoms with Crippen LogP contribution in [0.5, 0.6) is 0 Å². The molecule has 1 aromatic heterocycles. The number of pyridine rings is 1. The number of hydrogen-bond acceptors (Lipinski definition) is 2. The second-order valence-corrected chi connectivity index (χ2v) is 3.02. The standard InChI is InChI=1S/C9H11F3N2/c1-7-4-8(2-3-14-7)5-13-6-9(10,11)12/h2-4,13H,5-6H2,1H3. The maximum absolute atomic E-state index is 11.8. The summed E-state index contributed by atoms with van der Waals surface area (Å²) in [4.78, 5) is 3.95. The number of nitrogens with one attached hydrogen (secondary N) is 1. The largest absolute Gasteiger partial charge is 0.401 e. The van der Waals surface area contributed by atoms with Crippen LogP contribution in [0.15, 0.2) is 18.3 Å². The van der Waals surface area contributed by atoms with Crippen molar-refractivity contribution in [1.82, 2.24) is 10.3 Å². The van der Waals surface area contributed by atoms with Crippen molar-refractivity contribution in [3.8, 4) is 0 Å². The van der Waals surface area contributed by atoms with Gasteiger partial charge in [0.1, 0.15) is 0 Å². The molecule has 0 bridgehead atoms. The van der Waals surface area contributed by atoms with Crippen LogP contribution in [0.25, 0.3) is 0 Å². The van der Waals surface area contributed by atoms with Gasteiger partial charge < -0.3 is 5.32 Å². The second-order valence-electron chi connectivity index (χ2n) is 3.02. The topological polar surface area (TPSA) is 24.9 Å². The number of aromatic nitrogens is 1. The number of nitrogens with zero attached hydrogens (tertiary/aromatic N) is 1. The summed E-state index contributed by atoms with van der Waals surface area (Å²) in [6, 6.07) is 3.44. The predicted octanol–water partition coefficient (Wildman–Crippen LogP) is 2.04. The van der Waals surface area contributed by atoms with E-state index in [1.165, 1.54) is 0 Å². The van der Waals surface area contributed by atoms with Crippen LogP contribution >= 0.6 is 0 Å². The Balaban J connectivity index is 2.39. The Morgan fingerprint density at radius 2 is 2.14 bits per heavy atom. The van der Waals surface area contributed by atoms with E-state index in [2.05, 4.69) is 10.3 Å². The van der Waals surface area contributed by atoms with Gasteiger partial charge in [0, 0.05) is 18.4 Å². The number of rotatable bonds is 3. The SMILES string of the molecule is Cc1cc(CNCC(F)(F)F)ccn1. The first kappa shape index (κ1) is 11.0. The van der Waals surface area contributed by atoms with Gasteiger partial charge in [-0.1, -0.05) is 0 Å². The van der Waals surface area contributed by atoms with Gasteiger partial charge in [0.15, 0.2) is 0 Å². The molecule has 0 aliphatic carbocycles. The van der Waals surface area contributed by atoms with E-state index in [1.807, 2.05) is 0 Å². The van der Waals surface area contributed by atoms with Crippen molar-refractivity contribution in [2.24, 2.45) is 0 Å². The third-order valence-electron chi connectivity index (χ3n) is 1.62. The molecule has 0 saturated heterocycles. The van der Waals surface area contributed by atoms with E-state index >= 15 is 0 Å². The lowest BCUT2D eigenvalue weighted by Crippen LogP contribution is -2.28. The van der Waals surface area contributed by atoms with Gasteiger partial charge in [-0.3, -0.25) is 4.98 Å². The smallest absolute Gasteiger partial charge is 0.305 e. The van der Waals surface area contributed by atoms with Crippen LogP contribution in [0.2, 0.25) is 0 Å². The molecule has 0 amide bonds. The van der Waals surface area contributed by atoms with Gasteiger partial charge >= 0.3 is 6.18 Å². The molecule has 0 spiro atoms. The van der Waals surface area contributed by atoms with Crippen molar-refractivity contribution in [2.45, 2.75) is 19.6 Å². The van der Waals surface area contributed by atoms with Gasteiger partial charge in [0.2, 0.25) is 0 Å². The molecule has 1 heterocycles. The van der Waals surface area contributed by atoms with E-state index in [0.29, 0.717) is 0 Å². The molecule has 0 aromatic carbocycles. The molecule has 14 heavy (non-hydrogen) atoms. The van der Waals surface area contributed by atoms with Gasteiger partial charge in [-0.05, 0) is 24.6 Å². The van der Waals surface area contributed by atoms with Crippen molar-refractivity contribution < 1.29 is 13.2 Å². The Labute approximate surface area is 80.2 Å². The highest BCUT2D eigenvalue weighted by atomic mass is 19.4. The van der Waals surface area contributed by atoms with Gasteiger partial charge in [-0.15, -0.1) is 0 Å². The summed E-state index contributed by atoms with van der Waals surface area (Å²) in [5.74, 6) is 0. The number of halogens is 3. The third-order valence-corrected chi connectivity index (χ3v) is 1.62.